The van der Waals surface area contributed by atoms with Crippen LogP contribution in [-0.4, -0.2) is 36.8 Å². The first-order valence-corrected chi connectivity index (χ1v) is 12.2. The van der Waals surface area contributed by atoms with Crippen LogP contribution in [0.3, 0.4) is 0 Å². The molecule has 0 amide bonds. The van der Waals surface area contributed by atoms with Gasteiger partial charge in [-0.1, -0.05) is 60.7 Å². The summed E-state index contributed by atoms with van der Waals surface area (Å²) in [5.74, 6) is 1.80. The van der Waals surface area contributed by atoms with Crippen molar-refractivity contribution in [2.45, 2.75) is 19.5 Å². The van der Waals surface area contributed by atoms with Crippen molar-refractivity contribution < 1.29 is 4.74 Å². The van der Waals surface area contributed by atoms with Gasteiger partial charge in [-0.2, -0.15) is 0 Å². The maximum Gasteiger partial charge on any atom is 0.132 e. The molecule has 0 aliphatic carbocycles. The second-order valence-electron chi connectivity index (χ2n) is 8.94. The minimum Gasteiger partial charge on any atom is -0.496 e. The number of anilines is 1. The molecular weight excluding hydrogens is 432 g/mol. The first-order chi connectivity index (χ1) is 17.2. The minimum absolute atomic E-state index is 0.855. The number of nitrogens with one attached hydrogen (secondary N) is 1. The number of nitrogens with zero attached hydrogens (tertiary/aromatic N) is 3. The highest BCUT2D eigenvalue weighted by molar-refractivity contribution is 5.87. The van der Waals surface area contributed by atoms with Crippen LogP contribution in [-0.2, 0) is 13.1 Å². The highest BCUT2D eigenvalue weighted by Gasteiger charge is 2.10. The number of pyridine rings is 1. The predicted molar refractivity (Wildman–Crippen MR) is 145 cm³/mol. The fourth-order valence-electron chi connectivity index (χ4n) is 4.65. The first kappa shape index (κ1) is 22.9. The van der Waals surface area contributed by atoms with Crippen LogP contribution < -0.4 is 15.0 Å². The SMILES string of the molecule is COc1cc(N(C)CCCNCc2cn(Cc3ccccc3)c3ccccc23)nc2ccccc12. The lowest BCUT2D eigenvalue weighted by molar-refractivity contribution is 0.419. The topological polar surface area (TPSA) is 42.3 Å². The second-order valence-corrected chi connectivity index (χ2v) is 8.94. The number of hydrogen-bond acceptors (Lipinski definition) is 4. The van der Waals surface area contributed by atoms with Gasteiger partial charge >= 0.3 is 0 Å². The van der Waals surface area contributed by atoms with Crippen LogP contribution in [0, 0.1) is 0 Å². The summed E-state index contributed by atoms with van der Waals surface area (Å²) in [5, 5.41) is 6.01. The molecule has 0 saturated heterocycles. The zero-order valence-electron chi connectivity index (χ0n) is 20.4. The number of rotatable bonds is 10. The van der Waals surface area contributed by atoms with Crippen LogP contribution in [0.4, 0.5) is 5.82 Å². The Morgan fingerprint density at radius 3 is 2.49 bits per heavy atom. The number of fused-ring (bicyclic) bond motifs is 2. The van der Waals surface area contributed by atoms with Gasteiger partial charge in [-0.3, -0.25) is 0 Å². The molecule has 1 N–H and O–H groups in total. The molecule has 0 aliphatic rings. The first-order valence-electron chi connectivity index (χ1n) is 12.2. The quantitative estimate of drug-likeness (QED) is 0.263. The van der Waals surface area contributed by atoms with E-state index in [0.717, 1.165) is 55.1 Å². The van der Waals surface area contributed by atoms with E-state index >= 15 is 0 Å². The lowest BCUT2D eigenvalue weighted by Gasteiger charge is -2.20. The molecule has 5 rings (SSSR count). The van der Waals surface area contributed by atoms with E-state index in [4.69, 9.17) is 9.72 Å². The molecule has 3 aromatic carbocycles. The van der Waals surface area contributed by atoms with Crippen LogP contribution in [0.1, 0.15) is 17.5 Å². The third-order valence-electron chi connectivity index (χ3n) is 6.51. The van der Waals surface area contributed by atoms with E-state index in [-0.39, 0.29) is 0 Å². The van der Waals surface area contributed by atoms with E-state index in [1.165, 1.54) is 22.0 Å². The maximum atomic E-state index is 5.60. The summed E-state index contributed by atoms with van der Waals surface area (Å²) in [6.07, 6.45) is 3.32. The molecule has 5 aromatic rings. The second kappa shape index (κ2) is 10.6. The number of aromatic nitrogens is 2. The molecule has 35 heavy (non-hydrogen) atoms. The predicted octanol–water partition coefficient (Wildman–Crippen LogP) is 5.86. The Balaban J connectivity index is 1.19. The standard InChI is InChI=1S/C30H32N4O/c1-33(30-19-29(35-2)26-14-6-8-15-27(26)32-30)18-10-17-31-20-24-22-34(21-23-11-4-3-5-12-23)28-16-9-7-13-25(24)28/h3-9,11-16,19,22,31H,10,17-18,20-21H2,1-2H3. The average Bonchev–Trinajstić information content (AvgIpc) is 3.25. The number of para-hydroxylation sites is 2. The maximum absolute atomic E-state index is 5.60. The van der Waals surface area contributed by atoms with Gasteiger partial charge in [0.2, 0.25) is 0 Å². The molecule has 0 unspecified atom stereocenters. The summed E-state index contributed by atoms with van der Waals surface area (Å²) >= 11 is 0. The van der Waals surface area contributed by atoms with Crippen molar-refractivity contribution in [2.75, 3.05) is 32.1 Å². The van der Waals surface area contributed by atoms with Crippen molar-refractivity contribution in [1.82, 2.24) is 14.9 Å². The Morgan fingerprint density at radius 1 is 0.914 bits per heavy atom. The van der Waals surface area contributed by atoms with Crippen molar-refractivity contribution >= 4 is 27.6 Å². The average molecular weight is 465 g/mol. The van der Waals surface area contributed by atoms with E-state index in [1.54, 1.807) is 7.11 Å². The zero-order chi connectivity index (χ0) is 24.0. The normalized spacial score (nSPS) is 11.3. The van der Waals surface area contributed by atoms with Crippen molar-refractivity contribution in [3.05, 3.63) is 102 Å². The van der Waals surface area contributed by atoms with Crippen molar-refractivity contribution in [1.29, 1.82) is 0 Å². The zero-order valence-corrected chi connectivity index (χ0v) is 20.4. The molecule has 2 heterocycles. The monoisotopic (exact) mass is 464 g/mol. The van der Waals surface area contributed by atoms with Crippen LogP contribution in [0.25, 0.3) is 21.8 Å². The van der Waals surface area contributed by atoms with Gasteiger partial charge in [0, 0.05) is 55.2 Å². The Hall–Kier alpha value is -3.83. The Labute approximate surface area is 207 Å². The Bertz CT molecular complexity index is 1410. The smallest absolute Gasteiger partial charge is 0.132 e. The van der Waals surface area contributed by atoms with Crippen molar-refractivity contribution in [2.24, 2.45) is 0 Å². The van der Waals surface area contributed by atoms with Gasteiger partial charge in [-0.05, 0) is 42.3 Å². The lowest BCUT2D eigenvalue weighted by Crippen LogP contribution is -2.24. The molecule has 0 bridgehead atoms. The third-order valence-corrected chi connectivity index (χ3v) is 6.51. The molecular formula is C30H32N4O. The van der Waals surface area contributed by atoms with Crippen LogP contribution in [0.2, 0.25) is 0 Å². The fraction of sp³-hybridized carbons (Fsp3) is 0.233. The van der Waals surface area contributed by atoms with Gasteiger partial charge in [0.25, 0.3) is 0 Å². The summed E-state index contributed by atoms with van der Waals surface area (Å²) < 4.78 is 7.96. The van der Waals surface area contributed by atoms with Crippen LogP contribution in [0.5, 0.6) is 5.75 Å². The van der Waals surface area contributed by atoms with Gasteiger partial charge in [0.05, 0.1) is 12.6 Å². The molecule has 0 aliphatic heterocycles. The van der Waals surface area contributed by atoms with Gasteiger partial charge in [0.1, 0.15) is 11.6 Å². The third kappa shape index (κ3) is 5.15. The van der Waals surface area contributed by atoms with E-state index in [1.807, 2.05) is 30.3 Å². The highest BCUT2D eigenvalue weighted by atomic mass is 16.5. The number of ether oxygens (including phenoxy) is 1. The van der Waals surface area contributed by atoms with Crippen LogP contribution >= 0.6 is 0 Å². The molecule has 178 valence electrons. The summed E-state index contributed by atoms with van der Waals surface area (Å²) in [4.78, 5) is 7.02. The molecule has 5 heteroatoms. The van der Waals surface area contributed by atoms with E-state index in [2.05, 4.69) is 82.6 Å². The molecule has 2 aromatic heterocycles. The summed E-state index contributed by atoms with van der Waals surface area (Å²) in [6.45, 7) is 3.59. The van der Waals surface area contributed by atoms with Crippen molar-refractivity contribution in [3.63, 3.8) is 0 Å². The van der Waals surface area contributed by atoms with Crippen molar-refractivity contribution in [3.8, 4) is 5.75 Å². The summed E-state index contributed by atoms with van der Waals surface area (Å²) in [5.41, 5.74) is 4.89. The molecule has 0 spiro atoms. The highest BCUT2D eigenvalue weighted by Crippen LogP contribution is 2.28. The minimum atomic E-state index is 0.855. The molecule has 0 atom stereocenters. The van der Waals surface area contributed by atoms with Gasteiger partial charge in [0.15, 0.2) is 0 Å². The molecule has 0 radical (unpaired) electrons. The molecule has 5 nitrogen and oxygen atoms in total. The summed E-state index contributed by atoms with van der Waals surface area (Å²) in [7, 11) is 3.81. The van der Waals surface area contributed by atoms with E-state index < -0.39 is 0 Å². The fourth-order valence-corrected chi connectivity index (χ4v) is 4.65. The van der Waals surface area contributed by atoms with Crippen LogP contribution in [0.15, 0.2) is 91.1 Å². The molecule has 0 saturated carbocycles. The summed E-state index contributed by atoms with van der Waals surface area (Å²) in [6, 6.07) is 29.4. The largest absolute Gasteiger partial charge is 0.496 e. The Kier molecular flexibility index (Phi) is 6.96. The lowest BCUT2D eigenvalue weighted by atomic mass is 10.2. The van der Waals surface area contributed by atoms with E-state index in [9.17, 15) is 0 Å². The number of methoxy groups -OCH3 is 1. The van der Waals surface area contributed by atoms with E-state index in [0.29, 0.717) is 0 Å². The molecule has 0 fully saturated rings. The Morgan fingerprint density at radius 2 is 1.66 bits per heavy atom. The number of hydrogen-bond donors (Lipinski definition) is 1. The van der Waals surface area contributed by atoms with Gasteiger partial charge < -0.3 is 19.5 Å². The number of benzene rings is 3. The van der Waals surface area contributed by atoms with Gasteiger partial charge in [-0.15, -0.1) is 0 Å². The van der Waals surface area contributed by atoms with Gasteiger partial charge in [-0.25, -0.2) is 4.98 Å².